The number of carbonyl (C=O) groups excluding carboxylic acids is 1. The maximum absolute atomic E-state index is 12.5. The monoisotopic (exact) mass is 972 g/mol. The topological polar surface area (TPSA) is 69.6 Å². The second-order valence-electron chi connectivity index (χ2n) is 20.4. The van der Waals surface area contributed by atoms with Gasteiger partial charge in [-0.15, -0.1) is 0 Å². The first-order chi connectivity index (χ1) is 34.7. The van der Waals surface area contributed by atoms with Gasteiger partial charge in [0.1, 0.15) is 0 Å². The second kappa shape index (κ2) is 60.6. The highest BCUT2D eigenvalue weighted by Crippen LogP contribution is 2.17. The molecule has 0 heterocycles. The van der Waals surface area contributed by atoms with Crippen molar-refractivity contribution in [2.24, 2.45) is 0 Å². The molecule has 0 aliphatic heterocycles. The van der Waals surface area contributed by atoms with E-state index in [2.05, 4.69) is 116 Å². The van der Waals surface area contributed by atoms with Gasteiger partial charge in [-0.2, -0.15) is 0 Å². The molecule has 404 valence electrons. The van der Waals surface area contributed by atoms with Gasteiger partial charge >= 0.3 is 0 Å². The summed E-state index contributed by atoms with van der Waals surface area (Å²) in [5.41, 5.74) is 0. The number of aliphatic hydroxyl groups excluding tert-OH is 2. The maximum atomic E-state index is 12.5. The van der Waals surface area contributed by atoms with Crippen LogP contribution < -0.4 is 5.32 Å². The highest BCUT2D eigenvalue weighted by atomic mass is 16.3. The average Bonchev–Trinajstić information content (AvgIpc) is 3.36. The van der Waals surface area contributed by atoms with Gasteiger partial charge in [-0.25, -0.2) is 0 Å². The minimum absolute atomic E-state index is 0.0338. The van der Waals surface area contributed by atoms with Crippen molar-refractivity contribution >= 4 is 5.91 Å². The lowest BCUT2D eigenvalue weighted by molar-refractivity contribution is -0.123. The molecule has 0 spiro atoms. The molecule has 0 bridgehead atoms. The zero-order valence-corrected chi connectivity index (χ0v) is 46.5. The van der Waals surface area contributed by atoms with Crippen molar-refractivity contribution in [1.82, 2.24) is 5.32 Å². The van der Waals surface area contributed by atoms with Crippen LogP contribution in [0.3, 0.4) is 0 Å². The summed E-state index contributed by atoms with van der Waals surface area (Å²) in [5.74, 6) is -0.0338. The van der Waals surface area contributed by atoms with Crippen molar-refractivity contribution in [3.05, 3.63) is 97.2 Å². The summed E-state index contributed by atoms with van der Waals surface area (Å²) in [5, 5.41) is 23.4. The van der Waals surface area contributed by atoms with Crippen LogP contribution in [0.1, 0.15) is 296 Å². The molecular weight excluding hydrogens is 855 g/mol. The molecular formula is C66H117NO3. The largest absolute Gasteiger partial charge is 0.394 e. The molecule has 0 rings (SSSR count). The number of hydrogen-bond acceptors (Lipinski definition) is 3. The van der Waals surface area contributed by atoms with Crippen LogP contribution in [0.2, 0.25) is 0 Å². The zero-order chi connectivity index (χ0) is 50.6. The van der Waals surface area contributed by atoms with Crippen molar-refractivity contribution in [2.75, 3.05) is 6.61 Å². The van der Waals surface area contributed by atoms with Gasteiger partial charge in [0.25, 0.3) is 0 Å². The molecule has 0 aromatic heterocycles. The van der Waals surface area contributed by atoms with E-state index in [1.807, 2.05) is 0 Å². The molecule has 70 heavy (non-hydrogen) atoms. The number of unbranched alkanes of at least 4 members (excludes halogenated alkanes) is 32. The molecule has 4 heteroatoms. The van der Waals surface area contributed by atoms with Crippen LogP contribution in [-0.4, -0.2) is 34.9 Å². The maximum Gasteiger partial charge on any atom is 0.220 e. The normalized spacial score (nSPS) is 13.5. The van der Waals surface area contributed by atoms with E-state index in [4.69, 9.17) is 0 Å². The molecule has 4 nitrogen and oxygen atoms in total. The van der Waals surface area contributed by atoms with E-state index in [1.54, 1.807) is 0 Å². The predicted molar refractivity (Wildman–Crippen MR) is 313 cm³/mol. The Bertz CT molecular complexity index is 1290. The summed E-state index contributed by atoms with van der Waals surface area (Å²) in [6.07, 6.45) is 89.8. The fourth-order valence-corrected chi connectivity index (χ4v) is 9.03. The Labute approximate surface area is 436 Å². The summed E-state index contributed by atoms with van der Waals surface area (Å²) in [6.45, 7) is 4.26. The van der Waals surface area contributed by atoms with Gasteiger partial charge in [0.15, 0.2) is 0 Å². The van der Waals surface area contributed by atoms with E-state index in [-0.39, 0.29) is 12.5 Å². The van der Waals surface area contributed by atoms with Crippen LogP contribution >= 0.6 is 0 Å². The minimum Gasteiger partial charge on any atom is -0.394 e. The first-order valence-corrected chi connectivity index (χ1v) is 30.4. The van der Waals surface area contributed by atoms with Gasteiger partial charge in [0, 0.05) is 6.42 Å². The van der Waals surface area contributed by atoms with Gasteiger partial charge in [-0.1, -0.05) is 310 Å². The highest BCUT2D eigenvalue weighted by molar-refractivity contribution is 5.76. The summed E-state index contributed by atoms with van der Waals surface area (Å²) in [7, 11) is 0. The minimum atomic E-state index is -0.666. The Kier molecular flexibility index (Phi) is 58.3. The molecule has 0 fully saturated rings. The number of amides is 1. The van der Waals surface area contributed by atoms with E-state index >= 15 is 0 Å². The Hall–Kier alpha value is -2.69. The van der Waals surface area contributed by atoms with Gasteiger partial charge in [-0.3, -0.25) is 4.79 Å². The Morgan fingerprint density at radius 1 is 0.357 bits per heavy atom. The molecule has 0 aliphatic carbocycles. The molecule has 0 aromatic rings. The third-order valence-electron chi connectivity index (χ3n) is 13.6. The molecule has 0 saturated heterocycles. The summed E-state index contributed by atoms with van der Waals surface area (Å²) < 4.78 is 0. The molecule has 0 radical (unpaired) electrons. The smallest absolute Gasteiger partial charge is 0.220 e. The predicted octanol–water partition coefficient (Wildman–Crippen LogP) is 20.5. The summed E-state index contributed by atoms with van der Waals surface area (Å²) in [4.78, 5) is 12.5. The molecule has 0 saturated carbocycles. The van der Waals surface area contributed by atoms with Crippen LogP contribution in [0.4, 0.5) is 0 Å². The molecule has 0 aromatic carbocycles. The molecule has 2 atom stereocenters. The van der Waals surface area contributed by atoms with E-state index < -0.39 is 12.1 Å². The van der Waals surface area contributed by atoms with Crippen molar-refractivity contribution in [1.29, 1.82) is 0 Å². The van der Waals surface area contributed by atoms with Crippen LogP contribution in [0.25, 0.3) is 0 Å². The third-order valence-corrected chi connectivity index (χ3v) is 13.6. The van der Waals surface area contributed by atoms with Crippen LogP contribution in [0, 0.1) is 0 Å². The highest BCUT2D eigenvalue weighted by Gasteiger charge is 2.20. The van der Waals surface area contributed by atoms with Crippen LogP contribution in [0.5, 0.6) is 0 Å². The molecule has 0 aliphatic rings. The molecule has 3 N–H and O–H groups in total. The van der Waals surface area contributed by atoms with Gasteiger partial charge in [0.05, 0.1) is 18.8 Å². The first-order valence-electron chi connectivity index (χ1n) is 30.4. The van der Waals surface area contributed by atoms with Gasteiger partial charge < -0.3 is 15.5 Å². The zero-order valence-electron chi connectivity index (χ0n) is 46.5. The molecule has 2 unspecified atom stereocenters. The fraction of sp³-hybridized carbons (Fsp3) is 0.742. The Balaban J connectivity index is 3.52. The quantitative estimate of drug-likeness (QED) is 0.0420. The second-order valence-corrected chi connectivity index (χ2v) is 20.4. The number of carbonyl (C=O) groups is 1. The lowest BCUT2D eigenvalue weighted by atomic mass is 10.0. The lowest BCUT2D eigenvalue weighted by Gasteiger charge is -2.22. The van der Waals surface area contributed by atoms with Crippen LogP contribution in [-0.2, 0) is 4.79 Å². The number of rotatable bonds is 55. The number of nitrogens with one attached hydrogen (secondary N) is 1. The standard InChI is InChI=1S/C66H117NO3/c1-3-5-7-9-11-13-15-17-19-21-23-25-26-27-28-29-30-31-32-33-34-35-36-37-38-39-40-42-44-46-48-50-52-54-56-58-60-62-66(70)67-64(63-68)65(69)61-59-57-55-53-51-49-47-45-43-41-24-22-20-18-16-14-12-10-8-6-4-2/h5,7,11,13,17,19,23,25,27-28,30-31,33-34,36-37,64-65,68-69H,3-4,6,8-10,12,14-16,18,20-22,24,26,29,32,35,38-63H2,1-2H3,(H,67,70)/b7-5-,13-11-,19-17-,25-23-,28-27-,31-30-,34-33-,37-36-. The Morgan fingerprint density at radius 2 is 0.629 bits per heavy atom. The lowest BCUT2D eigenvalue weighted by Crippen LogP contribution is -2.45. The van der Waals surface area contributed by atoms with Crippen molar-refractivity contribution in [3.8, 4) is 0 Å². The molecule has 1 amide bonds. The van der Waals surface area contributed by atoms with Crippen LogP contribution in [0.15, 0.2) is 97.2 Å². The number of aliphatic hydroxyl groups is 2. The third kappa shape index (κ3) is 56.2. The van der Waals surface area contributed by atoms with Gasteiger partial charge in [-0.05, 0) is 77.0 Å². The first kappa shape index (κ1) is 67.3. The van der Waals surface area contributed by atoms with E-state index in [9.17, 15) is 15.0 Å². The van der Waals surface area contributed by atoms with E-state index in [0.717, 1.165) is 77.0 Å². The van der Waals surface area contributed by atoms with Crippen molar-refractivity contribution < 1.29 is 15.0 Å². The Morgan fingerprint density at radius 3 is 0.943 bits per heavy atom. The number of hydrogen-bond donors (Lipinski definition) is 3. The van der Waals surface area contributed by atoms with E-state index in [1.165, 1.54) is 193 Å². The van der Waals surface area contributed by atoms with E-state index in [0.29, 0.717) is 12.8 Å². The average molecular weight is 973 g/mol. The SMILES string of the molecule is CC/C=C\C/C=C\C/C=C\C/C=C\C/C=C\C/C=C\C/C=C\C/C=C\CCCCCCCCCCCCCCC(=O)NC(CO)C(O)CCCCCCCCCCCCCCCCCCCCCCC. The van der Waals surface area contributed by atoms with Crippen molar-refractivity contribution in [3.63, 3.8) is 0 Å². The number of allylic oxidation sites excluding steroid dienone is 16. The van der Waals surface area contributed by atoms with Gasteiger partial charge in [0.2, 0.25) is 5.91 Å². The summed E-state index contributed by atoms with van der Waals surface area (Å²) >= 11 is 0. The fourth-order valence-electron chi connectivity index (χ4n) is 9.03. The summed E-state index contributed by atoms with van der Waals surface area (Å²) in [6, 6.07) is -0.543. The van der Waals surface area contributed by atoms with Crippen molar-refractivity contribution in [2.45, 2.75) is 309 Å².